The molecule has 112 valence electrons. The monoisotopic (exact) mass is 306 g/mol. The number of rotatable bonds is 5. The molecule has 0 aromatic heterocycles. The van der Waals surface area contributed by atoms with Crippen LogP contribution in [0.2, 0.25) is 0 Å². The molecule has 5 nitrogen and oxygen atoms in total. The van der Waals surface area contributed by atoms with Crippen LogP contribution in [0.1, 0.15) is 11.1 Å². The molecule has 0 radical (unpaired) electrons. The molecule has 0 fully saturated rings. The van der Waals surface area contributed by atoms with Gasteiger partial charge >= 0.3 is 0 Å². The first-order valence-corrected chi connectivity index (χ1v) is 8.00. The second kappa shape index (κ2) is 6.15. The molecule has 2 rings (SSSR count). The zero-order valence-electron chi connectivity index (χ0n) is 11.7. The Morgan fingerprint density at radius 3 is 2.38 bits per heavy atom. The van der Waals surface area contributed by atoms with Crippen LogP contribution in [0.5, 0.6) is 0 Å². The van der Waals surface area contributed by atoms with Crippen LogP contribution < -0.4 is 10.5 Å². The lowest BCUT2D eigenvalue weighted by Crippen LogP contribution is -2.16. The van der Waals surface area contributed by atoms with Gasteiger partial charge in [0, 0.05) is 12.3 Å². The second-order valence-corrected chi connectivity index (χ2v) is 6.39. The van der Waals surface area contributed by atoms with Crippen molar-refractivity contribution in [2.45, 2.75) is 18.2 Å². The molecule has 0 unspecified atom stereocenters. The van der Waals surface area contributed by atoms with Crippen molar-refractivity contribution < 1.29 is 13.5 Å². The summed E-state index contributed by atoms with van der Waals surface area (Å²) in [6.45, 7) is 1.76. The molecule has 0 saturated heterocycles. The number of aliphatic hydroxyl groups is 1. The number of nitrogens with two attached hydrogens (primary N) is 1. The topological polar surface area (TPSA) is 92.4 Å². The highest BCUT2D eigenvalue weighted by atomic mass is 32.2. The molecule has 2 aromatic carbocycles. The number of hydrogen-bond acceptors (Lipinski definition) is 4. The first-order valence-electron chi connectivity index (χ1n) is 6.52. The van der Waals surface area contributed by atoms with Crippen molar-refractivity contribution in [1.29, 1.82) is 0 Å². The fourth-order valence-corrected chi connectivity index (χ4v) is 3.54. The Bertz CT molecular complexity index is 705. The lowest BCUT2D eigenvalue weighted by molar-refractivity contribution is 0.299. The van der Waals surface area contributed by atoms with Crippen LogP contribution in [0.15, 0.2) is 47.4 Å². The van der Waals surface area contributed by atoms with Gasteiger partial charge in [-0.1, -0.05) is 24.3 Å². The van der Waals surface area contributed by atoms with Gasteiger partial charge in [0.05, 0.1) is 5.69 Å². The Balaban J connectivity index is 2.29. The molecule has 21 heavy (non-hydrogen) atoms. The summed E-state index contributed by atoms with van der Waals surface area (Å²) in [6, 6.07) is 11.9. The highest BCUT2D eigenvalue weighted by Gasteiger charge is 2.19. The Morgan fingerprint density at radius 1 is 1.14 bits per heavy atom. The van der Waals surface area contributed by atoms with E-state index in [9.17, 15) is 8.42 Å². The lowest BCUT2D eigenvalue weighted by Gasteiger charge is -2.12. The van der Waals surface area contributed by atoms with Gasteiger partial charge in [-0.15, -0.1) is 0 Å². The Hall–Kier alpha value is -2.05. The fourth-order valence-electron chi connectivity index (χ4n) is 2.12. The highest BCUT2D eigenvalue weighted by molar-refractivity contribution is 7.93. The van der Waals surface area contributed by atoms with Gasteiger partial charge in [-0.05, 0) is 42.7 Å². The predicted octanol–water partition coefficient (Wildman–Crippen LogP) is 1.91. The summed E-state index contributed by atoms with van der Waals surface area (Å²) < 4.78 is 27.4. The van der Waals surface area contributed by atoms with E-state index in [0.717, 1.165) is 5.56 Å². The lowest BCUT2D eigenvalue weighted by atomic mass is 10.1. The molecule has 0 atom stereocenters. The smallest absolute Gasteiger partial charge is 0.264 e. The molecule has 2 aromatic rings. The van der Waals surface area contributed by atoms with Crippen molar-refractivity contribution in [3.63, 3.8) is 0 Å². The molecule has 0 aliphatic carbocycles. The summed E-state index contributed by atoms with van der Waals surface area (Å²) in [5.74, 6) is 0. The van der Waals surface area contributed by atoms with Crippen molar-refractivity contribution in [1.82, 2.24) is 0 Å². The maximum Gasteiger partial charge on any atom is 0.264 e. The molecule has 4 N–H and O–H groups in total. The molecular formula is C15H18N2O3S. The number of anilines is 2. The summed E-state index contributed by atoms with van der Waals surface area (Å²) in [4.78, 5) is 0.101. The summed E-state index contributed by atoms with van der Waals surface area (Å²) in [5, 5.41) is 8.86. The van der Waals surface area contributed by atoms with E-state index in [1.807, 2.05) is 0 Å². The van der Waals surface area contributed by atoms with Gasteiger partial charge in [0.25, 0.3) is 10.0 Å². The van der Waals surface area contributed by atoms with E-state index >= 15 is 0 Å². The van der Waals surface area contributed by atoms with Crippen LogP contribution in [0.4, 0.5) is 11.4 Å². The molecule has 0 saturated carbocycles. The van der Waals surface area contributed by atoms with Gasteiger partial charge in [-0.25, -0.2) is 8.42 Å². The van der Waals surface area contributed by atoms with Gasteiger partial charge in [0.15, 0.2) is 0 Å². The van der Waals surface area contributed by atoms with Crippen LogP contribution in [-0.4, -0.2) is 20.1 Å². The largest absolute Gasteiger partial charge is 0.398 e. The SMILES string of the molecule is Cc1cccc(N)c1S(=O)(=O)Nc1ccc(CCO)cc1. The van der Waals surface area contributed by atoms with Crippen molar-refractivity contribution in [3.05, 3.63) is 53.6 Å². The minimum atomic E-state index is -3.72. The molecule has 0 aliphatic heterocycles. The second-order valence-electron chi connectivity index (χ2n) is 4.77. The Morgan fingerprint density at radius 2 is 1.81 bits per heavy atom. The highest BCUT2D eigenvalue weighted by Crippen LogP contribution is 2.25. The standard InChI is InChI=1S/C15H18N2O3S/c1-11-3-2-4-14(16)15(11)21(19,20)17-13-7-5-12(6-8-13)9-10-18/h2-8,17-18H,9-10,16H2,1H3. The number of sulfonamides is 1. The molecule has 0 bridgehead atoms. The minimum Gasteiger partial charge on any atom is -0.398 e. The number of hydrogen-bond donors (Lipinski definition) is 3. The third kappa shape index (κ3) is 3.53. The Labute approximate surface area is 124 Å². The van der Waals surface area contributed by atoms with E-state index in [0.29, 0.717) is 17.7 Å². The van der Waals surface area contributed by atoms with Crippen LogP contribution in [-0.2, 0) is 16.4 Å². The third-order valence-electron chi connectivity index (χ3n) is 3.12. The first-order chi connectivity index (χ1) is 9.94. The van der Waals surface area contributed by atoms with Gasteiger partial charge in [-0.2, -0.15) is 0 Å². The maximum atomic E-state index is 12.4. The van der Waals surface area contributed by atoms with Crippen molar-refractivity contribution in [3.8, 4) is 0 Å². The molecule has 0 spiro atoms. The van der Waals surface area contributed by atoms with Crippen LogP contribution in [0.25, 0.3) is 0 Å². The molecule has 0 amide bonds. The number of nitrogens with one attached hydrogen (secondary N) is 1. The number of aryl methyl sites for hydroxylation is 1. The van der Waals surface area contributed by atoms with Crippen LogP contribution in [0.3, 0.4) is 0 Å². The average molecular weight is 306 g/mol. The van der Waals surface area contributed by atoms with Gasteiger partial charge in [0.2, 0.25) is 0 Å². The van der Waals surface area contributed by atoms with E-state index < -0.39 is 10.0 Å². The first kappa shape index (κ1) is 15.3. The Kier molecular flexibility index (Phi) is 4.50. The van der Waals surface area contributed by atoms with Gasteiger partial charge in [0.1, 0.15) is 4.90 Å². The summed E-state index contributed by atoms with van der Waals surface area (Å²) in [7, 11) is -3.72. The van der Waals surface area contributed by atoms with Crippen molar-refractivity contribution >= 4 is 21.4 Å². The quantitative estimate of drug-likeness (QED) is 0.736. The van der Waals surface area contributed by atoms with Gasteiger partial charge in [-0.3, -0.25) is 4.72 Å². The van der Waals surface area contributed by atoms with E-state index in [2.05, 4.69) is 4.72 Å². The maximum absolute atomic E-state index is 12.4. The molecular weight excluding hydrogens is 288 g/mol. The third-order valence-corrected chi connectivity index (χ3v) is 4.72. The molecule has 0 heterocycles. The summed E-state index contributed by atoms with van der Waals surface area (Å²) >= 11 is 0. The number of aliphatic hydroxyl groups excluding tert-OH is 1. The van der Waals surface area contributed by atoms with E-state index in [1.54, 1.807) is 49.4 Å². The van der Waals surface area contributed by atoms with Crippen LogP contribution >= 0.6 is 0 Å². The zero-order chi connectivity index (χ0) is 15.5. The zero-order valence-corrected chi connectivity index (χ0v) is 12.5. The summed E-state index contributed by atoms with van der Waals surface area (Å²) in [6.07, 6.45) is 0.539. The van der Waals surface area contributed by atoms with Gasteiger partial charge < -0.3 is 10.8 Å². The van der Waals surface area contributed by atoms with E-state index in [1.165, 1.54) is 0 Å². The molecule has 0 aliphatic rings. The van der Waals surface area contributed by atoms with Crippen molar-refractivity contribution in [2.75, 3.05) is 17.1 Å². The average Bonchev–Trinajstić information content (AvgIpc) is 2.40. The normalized spacial score (nSPS) is 11.3. The van der Waals surface area contributed by atoms with E-state index in [-0.39, 0.29) is 17.2 Å². The van der Waals surface area contributed by atoms with Crippen LogP contribution in [0, 0.1) is 6.92 Å². The predicted molar refractivity (Wildman–Crippen MR) is 83.6 cm³/mol. The number of nitrogen functional groups attached to an aromatic ring is 1. The molecule has 6 heteroatoms. The fraction of sp³-hybridized carbons (Fsp3) is 0.200. The van der Waals surface area contributed by atoms with Crippen molar-refractivity contribution in [2.24, 2.45) is 0 Å². The van der Waals surface area contributed by atoms with E-state index in [4.69, 9.17) is 10.8 Å². The summed E-state index contributed by atoms with van der Waals surface area (Å²) in [5.41, 5.74) is 7.99. The minimum absolute atomic E-state index is 0.0603. The number of benzene rings is 2.